The zero-order chi connectivity index (χ0) is 19.5. The highest BCUT2D eigenvalue weighted by Gasteiger charge is 2.20. The van der Waals surface area contributed by atoms with E-state index in [1.807, 2.05) is 32.9 Å². The third-order valence-electron chi connectivity index (χ3n) is 4.18. The molecule has 2 rings (SSSR count). The molecule has 0 aliphatic carbocycles. The molecule has 0 radical (unpaired) electrons. The quantitative estimate of drug-likeness (QED) is 0.779. The minimum absolute atomic E-state index is 0.00770. The summed E-state index contributed by atoms with van der Waals surface area (Å²) in [5.41, 5.74) is 3.23. The van der Waals surface area contributed by atoms with Crippen LogP contribution in [0, 0.1) is 20.8 Å². The van der Waals surface area contributed by atoms with Gasteiger partial charge in [0.15, 0.2) is 0 Å². The molecule has 0 aliphatic rings. The lowest BCUT2D eigenvalue weighted by molar-refractivity contribution is 0.578. The Kier molecular flexibility index (Phi) is 6.10. The highest BCUT2D eigenvalue weighted by Crippen LogP contribution is 2.21. The summed E-state index contributed by atoms with van der Waals surface area (Å²) in [5, 5.41) is 0. The number of aryl methyl sites for hydroxylation is 3. The Morgan fingerprint density at radius 1 is 0.885 bits per heavy atom. The van der Waals surface area contributed by atoms with Crippen molar-refractivity contribution in [1.29, 1.82) is 0 Å². The van der Waals surface area contributed by atoms with Gasteiger partial charge >= 0.3 is 0 Å². The van der Waals surface area contributed by atoms with Crippen LogP contribution in [0.4, 0.5) is 5.69 Å². The third kappa shape index (κ3) is 4.84. The van der Waals surface area contributed by atoms with Crippen LogP contribution in [-0.4, -0.2) is 36.2 Å². The molecule has 0 saturated heterocycles. The minimum atomic E-state index is -3.70. The van der Waals surface area contributed by atoms with Crippen LogP contribution >= 0.6 is 0 Å². The molecule has 26 heavy (non-hydrogen) atoms. The van der Waals surface area contributed by atoms with Gasteiger partial charge in [-0.05, 0) is 55.7 Å². The van der Waals surface area contributed by atoms with E-state index in [0.717, 1.165) is 22.9 Å². The topological polar surface area (TPSA) is 83.6 Å². The van der Waals surface area contributed by atoms with Crippen LogP contribution in [0.5, 0.6) is 0 Å². The van der Waals surface area contributed by atoms with Gasteiger partial charge in [0.05, 0.1) is 16.8 Å². The highest BCUT2D eigenvalue weighted by molar-refractivity contribution is 7.92. The van der Waals surface area contributed by atoms with Crippen LogP contribution in [0.25, 0.3) is 0 Å². The predicted octanol–water partition coefficient (Wildman–Crippen LogP) is 2.36. The normalized spacial score (nSPS) is 12.2. The average Bonchev–Trinajstić information content (AvgIpc) is 2.54. The van der Waals surface area contributed by atoms with Gasteiger partial charge in [-0.1, -0.05) is 24.3 Å². The number of benzene rings is 2. The molecule has 0 aliphatic heterocycles. The lowest BCUT2D eigenvalue weighted by atomic mass is 10.1. The first-order valence-corrected chi connectivity index (χ1v) is 11.5. The number of nitrogens with zero attached hydrogens (tertiary/aromatic N) is 1. The molecule has 0 fully saturated rings. The maximum Gasteiger partial charge on any atom is 0.240 e. The molecular formula is C18H24N2O4S2. The predicted molar refractivity (Wildman–Crippen MR) is 104 cm³/mol. The first-order valence-electron chi connectivity index (χ1n) is 8.12. The summed E-state index contributed by atoms with van der Waals surface area (Å²) >= 11 is 0. The molecule has 8 heteroatoms. The molecule has 0 amide bonds. The molecule has 0 bridgehead atoms. The van der Waals surface area contributed by atoms with Crippen molar-refractivity contribution in [2.24, 2.45) is 0 Å². The van der Waals surface area contributed by atoms with Crippen molar-refractivity contribution in [3.63, 3.8) is 0 Å². The number of nitrogens with one attached hydrogen (secondary N) is 1. The zero-order valence-electron chi connectivity index (χ0n) is 15.4. The van der Waals surface area contributed by atoms with Crippen LogP contribution in [-0.2, 0) is 20.0 Å². The summed E-state index contributed by atoms with van der Waals surface area (Å²) < 4.78 is 52.9. The molecule has 0 atom stereocenters. The average molecular weight is 397 g/mol. The summed E-state index contributed by atoms with van der Waals surface area (Å²) in [4.78, 5) is 0.169. The Hall–Kier alpha value is -1.90. The Morgan fingerprint density at radius 2 is 1.54 bits per heavy atom. The summed E-state index contributed by atoms with van der Waals surface area (Å²) in [7, 11) is -7.24. The van der Waals surface area contributed by atoms with Crippen molar-refractivity contribution >= 4 is 25.7 Å². The van der Waals surface area contributed by atoms with Gasteiger partial charge in [0.25, 0.3) is 0 Å². The molecule has 6 nitrogen and oxygen atoms in total. The number of rotatable bonds is 7. The standard InChI is InChI=1S/C18H24N2O4S2/c1-14-9-10-17(13-16(14)3)26(23,24)19-11-12-20(25(4,21)22)18-8-6-5-7-15(18)2/h5-10,13,19H,11-12H2,1-4H3. The van der Waals surface area contributed by atoms with Crippen molar-refractivity contribution < 1.29 is 16.8 Å². The Labute approximate surface area is 156 Å². The summed E-state index contributed by atoms with van der Waals surface area (Å²) in [5.74, 6) is 0. The second-order valence-electron chi connectivity index (χ2n) is 6.27. The summed E-state index contributed by atoms with van der Waals surface area (Å²) in [6.45, 7) is 5.54. The molecular weight excluding hydrogens is 372 g/mol. The Balaban J connectivity index is 2.17. The van der Waals surface area contributed by atoms with Gasteiger partial charge in [-0.25, -0.2) is 21.6 Å². The van der Waals surface area contributed by atoms with Crippen molar-refractivity contribution in [2.75, 3.05) is 23.7 Å². The van der Waals surface area contributed by atoms with Crippen molar-refractivity contribution in [1.82, 2.24) is 4.72 Å². The monoisotopic (exact) mass is 396 g/mol. The SMILES string of the molecule is Cc1ccc(S(=O)(=O)NCCN(c2ccccc2C)S(C)(=O)=O)cc1C. The first kappa shape index (κ1) is 20.4. The molecule has 142 valence electrons. The summed E-state index contributed by atoms with van der Waals surface area (Å²) in [6, 6.07) is 12.0. The molecule has 0 unspecified atom stereocenters. The van der Waals surface area contributed by atoms with Crippen LogP contribution in [0.2, 0.25) is 0 Å². The molecule has 0 spiro atoms. The first-order chi connectivity index (χ1) is 12.0. The number of hydrogen-bond acceptors (Lipinski definition) is 4. The molecule has 0 heterocycles. The van der Waals surface area contributed by atoms with E-state index in [-0.39, 0.29) is 18.0 Å². The van der Waals surface area contributed by atoms with Crippen molar-refractivity contribution in [3.05, 3.63) is 59.2 Å². The van der Waals surface area contributed by atoms with E-state index in [2.05, 4.69) is 4.72 Å². The van der Waals surface area contributed by atoms with E-state index in [0.29, 0.717) is 5.69 Å². The fourth-order valence-corrected chi connectivity index (χ4v) is 4.65. The van der Waals surface area contributed by atoms with Gasteiger partial charge in [0.1, 0.15) is 0 Å². The maximum absolute atomic E-state index is 12.5. The van der Waals surface area contributed by atoms with E-state index >= 15 is 0 Å². The second-order valence-corrected chi connectivity index (χ2v) is 9.94. The van der Waals surface area contributed by atoms with Gasteiger partial charge in [-0.15, -0.1) is 0 Å². The lowest BCUT2D eigenvalue weighted by Crippen LogP contribution is -2.38. The Morgan fingerprint density at radius 3 is 2.12 bits per heavy atom. The van der Waals surface area contributed by atoms with E-state index < -0.39 is 20.0 Å². The van der Waals surface area contributed by atoms with Gasteiger partial charge in [0, 0.05) is 13.1 Å². The Bertz CT molecular complexity index is 1000. The molecule has 0 saturated carbocycles. The minimum Gasteiger partial charge on any atom is -0.269 e. The van der Waals surface area contributed by atoms with E-state index in [1.54, 1.807) is 30.3 Å². The number of anilines is 1. The number of hydrogen-bond donors (Lipinski definition) is 1. The van der Waals surface area contributed by atoms with Crippen LogP contribution in [0.1, 0.15) is 16.7 Å². The maximum atomic E-state index is 12.5. The van der Waals surface area contributed by atoms with Crippen molar-refractivity contribution in [2.45, 2.75) is 25.7 Å². The second kappa shape index (κ2) is 7.77. The number of para-hydroxylation sites is 1. The third-order valence-corrected chi connectivity index (χ3v) is 6.82. The fourth-order valence-electron chi connectivity index (χ4n) is 2.55. The van der Waals surface area contributed by atoms with E-state index in [9.17, 15) is 16.8 Å². The van der Waals surface area contributed by atoms with Gasteiger partial charge in [-0.2, -0.15) is 0 Å². The molecule has 1 N–H and O–H groups in total. The summed E-state index contributed by atoms with van der Waals surface area (Å²) in [6.07, 6.45) is 1.11. The van der Waals surface area contributed by atoms with Crippen molar-refractivity contribution in [3.8, 4) is 0 Å². The van der Waals surface area contributed by atoms with E-state index in [1.165, 1.54) is 4.31 Å². The smallest absolute Gasteiger partial charge is 0.240 e. The highest BCUT2D eigenvalue weighted by atomic mass is 32.2. The molecule has 2 aromatic carbocycles. The molecule has 0 aromatic heterocycles. The largest absolute Gasteiger partial charge is 0.269 e. The van der Waals surface area contributed by atoms with Gasteiger partial charge in [-0.3, -0.25) is 4.31 Å². The van der Waals surface area contributed by atoms with Crippen LogP contribution in [0.15, 0.2) is 47.4 Å². The van der Waals surface area contributed by atoms with Crippen LogP contribution < -0.4 is 9.03 Å². The zero-order valence-corrected chi connectivity index (χ0v) is 17.0. The molecule has 2 aromatic rings. The van der Waals surface area contributed by atoms with Gasteiger partial charge < -0.3 is 0 Å². The van der Waals surface area contributed by atoms with Crippen LogP contribution in [0.3, 0.4) is 0 Å². The lowest BCUT2D eigenvalue weighted by Gasteiger charge is -2.24. The number of sulfonamides is 2. The fraction of sp³-hybridized carbons (Fsp3) is 0.333. The van der Waals surface area contributed by atoms with Gasteiger partial charge in [0.2, 0.25) is 20.0 Å². The van der Waals surface area contributed by atoms with E-state index in [4.69, 9.17) is 0 Å².